The van der Waals surface area contributed by atoms with E-state index < -0.39 is 43.5 Å². The maximum Gasteiger partial charge on any atom is 0.410 e. The van der Waals surface area contributed by atoms with Gasteiger partial charge in [-0.05, 0) is 96.6 Å². The van der Waals surface area contributed by atoms with Crippen molar-refractivity contribution >= 4 is 46.9 Å². The van der Waals surface area contributed by atoms with Crippen molar-refractivity contribution in [1.82, 2.24) is 29.2 Å². The van der Waals surface area contributed by atoms with Crippen molar-refractivity contribution in [2.45, 2.75) is 117 Å². The Hall–Kier alpha value is -4.73. The molecule has 2 aromatic carbocycles. The highest BCUT2D eigenvalue weighted by Crippen LogP contribution is 2.49. The van der Waals surface area contributed by atoms with Crippen LogP contribution < -0.4 is 4.74 Å². The highest BCUT2D eigenvalue weighted by molar-refractivity contribution is 7.17. The van der Waals surface area contributed by atoms with Crippen LogP contribution in [-0.4, -0.2) is 68.5 Å². The second-order valence-corrected chi connectivity index (χ2v) is 25.0. The number of hydrogen-bond acceptors (Lipinski definition) is 8. The number of pyridine rings is 1. The maximum atomic E-state index is 16.7. The number of carbonyl (C=O) groups is 1. The van der Waals surface area contributed by atoms with Gasteiger partial charge in [-0.25, -0.2) is 27.9 Å². The first-order valence-corrected chi connectivity index (χ1v) is 24.7. The molecule has 1 aliphatic carbocycles. The molecule has 4 aromatic heterocycles. The second-order valence-electron chi connectivity index (χ2n) is 19.4. The summed E-state index contributed by atoms with van der Waals surface area (Å²) in [4.78, 5) is 25.1. The number of rotatable bonds is 8. The number of imidazole rings is 1. The topological polar surface area (TPSA) is 96.5 Å². The Kier molecular flexibility index (Phi) is 10.7. The number of amides is 1. The molecule has 2 atom stereocenters. The van der Waals surface area contributed by atoms with Crippen LogP contribution >= 0.6 is 11.3 Å². The predicted octanol–water partition coefficient (Wildman–Crippen LogP) is 12.2. The Bertz CT molecular complexity index is 2690. The number of thiophene rings is 1. The van der Waals surface area contributed by atoms with Crippen molar-refractivity contribution in [2.24, 2.45) is 13.0 Å². The molecular weight excluding hydrogens is 818 g/mol. The molecule has 2 aliphatic rings. The first-order chi connectivity index (χ1) is 28.5. The van der Waals surface area contributed by atoms with Crippen molar-refractivity contribution in [3.05, 3.63) is 70.7 Å². The third-order valence-electron chi connectivity index (χ3n) is 12.7. The average molecular weight is 873 g/mol. The first-order valence-electron chi connectivity index (χ1n) is 20.9. The van der Waals surface area contributed by atoms with E-state index in [4.69, 9.17) is 29.0 Å². The van der Waals surface area contributed by atoms with Crippen molar-refractivity contribution in [3.8, 4) is 39.5 Å². The van der Waals surface area contributed by atoms with E-state index in [1.807, 2.05) is 82.1 Å². The zero-order chi connectivity index (χ0) is 44.1. The van der Waals surface area contributed by atoms with Gasteiger partial charge in [0.05, 0.1) is 51.4 Å². The van der Waals surface area contributed by atoms with E-state index in [9.17, 15) is 4.79 Å². The van der Waals surface area contributed by atoms with E-state index in [0.29, 0.717) is 33.9 Å². The van der Waals surface area contributed by atoms with Crippen LogP contribution in [0.2, 0.25) is 18.1 Å². The summed E-state index contributed by atoms with van der Waals surface area (Å²) < 4.78 is 71.7. The number of ether oxygens (including phenoxy) is 2. The van der Waals surface area contributed by atoms with Gasteiger partial charge in [0.2, 0.25) is 0 Å². The molecule has 8 rings (SSSR count). The minimum absolute atomic E-state index is 0.0545. The fourth-order valence-electron chi connectivity index (χ4n) is 8.21. The van der Waals surface area contributed by atoms with E-state index in [-0.39, 0.29) is 57.7 Å². The molecule has 15 heteroatoms. The summed E-state index contributed by atoms with van der Waals surface area (Å²) in [6, 6.07) is 8.82. The second kappa shape index (κ2) is 15.3. The largest absolute Gasteiger partial charge is 0.492 e. The van der Waals surface area contributed by atoms with Gasteiger partial charge >= 0.3 is 6.09 Å². The quantitative estimate of drug-likeness (QED) is 0.141. The minimum atomic E-state index is -1.98. The zero-order valence-electron chi connectivity index (χ0n) is 37.0. The number of aromatic nitrogens is 5. The van der Waals surface area contributed by atoms with Gasteiger partial charge in [-0.3, -0.25) is 9.58 Å². The first kappa shape index (κ1) is 42.9. The molecule has 0 bridgehead atoms. The lowest BCUT2D eigenvalue weighted by atomic mass is 9.83. The molecule has 0 N–H and O–H groups in total. The Morgan fingerprint density at radius 1 is 0.951 bits per heavy atom. The normalized spacial score (nSPS) is 19.7. The Morgan fingerprint density at radius 3 is 2.36 bits per heavy atom. The minimum Gasteiger partial charge on any atom is -0.492 e. The van der Waals surface area contributed by atoms with Crippen LogP contribution in [0.3, 0.4) is 0 Å². The number of hydrogen-bond donors (Lipinski definition) is 0. The number of halogens is 3. The van der Waals surface area contributed by atoms with Crippen LogP contribution in [-0.2, 0) is 16.2 Å². The highest BCUT2D eigenvalue weighted by Gasteiger charge is 2.43. The summed E-state index contributed by atoms with van der Waals surface area (Å²) in [5.41, 5.74) is 3.31. The van der Waals surface area contributed by atoms with Crippen LogP contribution in [0.4, 0.5) is 18.0 Å². The smallest absolute Gasteiger partial charge is 0.410 e. The van der Waals surface area contributed by atoms with Crippen LogP contribution in [0.15, 0.2) is 41.8 Å². The van der Waals surface area contributed by atoms with Gasteiger partial charge in [-0.15, -0.1) is 11.3 Å². The van der Waals surface area contributed by atoms with Gasteiger partial charge in [0.1, 0.15) is 46.0 Å². The average Bonchev–Trinajstić information content (AvgIpc) is 3.84. The van der Waals surface area contributed by atoms with Gasteiger partial charge in [-0.1, -0.05) is 26.8 Å². The fourth-order valence-corrected chi connectivity index (χ4v) is 10.5. The summed E-state index contributed by atoms with van der Waals surface area (Å²) in [5, 5.41) is 6.61. The lowest BCUT2D eigenvalue weighted by molar-refractivity contribution is 0.00864. The Labute approximate surface area is 360 Å². The molecule has 1 amide bonds. The van der Waals surface area contributed by atoms with Crippen LogP contribution in [0.25, 0.3) is 54.9 Å². The number of benzene rings is 2. The molecule has 0 spiro atoms. The molecule has 0 unspecified atom stereocenters. The molecule has 1 saturated carbocycles. The molecule has 0 radical (unpaired) electrons. The molecule has 10 nitrogen and oxygen atoms in total. The van der Waals surface area contributed by atoms with Crippen LogP contribution in [0.1, 0.15) is 91.8 Å². The van der Waals surface area contributed by atoms with E-state index in [1.54, 1.807) is 4.90 Å². The molecule has 0 saturated heterocycles. The summed E-state index contributed by atoms with van der Waals surface area (Å²) in [7, 11) is -0.0389. The van der Waals surface area contributed by atoms with Gasteiger partial charge in [-0.2, -0.15) is 5.10 Å². The third kappa shape index (κ3) is 7.86. The standard InChI is InChI=1S/C46H55F3N6O4SSi/c1-24-21-54(44(56)58-45(4,5)6)25(2)36-20-34(52-55(24)36)42-40(39-32(49)23-60-43(39)41(51-42)28-13-14-35-33(17-28)50-26(3)53(35)10)38-31(48)18-29(47)19-37(38)57-22-27-15-30(16-27)59-61(11,12)46(7,8)9/h13-14,17-20,23-25,27,30H,15-16,21-22H2,1-12H3/t24-,25+,27?,30?/m0/s1. The lowest BCUT2D eigenvalue weighted by Crippen LogP contribution is -2.48. The summed E-state index contributed by atoms with van der Waals surface area (Å²) in [6.07, 6.45) is 1.17. The summed E-state index contributed by atoms with van der Waals surface area (Å²) >= 11 is 1.16. The zero-order valence-corrected chi connectivity index (χ0v) is 38.9. The van der Waals surface area contributed by atoms with Crippen LogP contribution in [0, 0.1) is 30.3 Å². The fraction of sp³-hybridized carbons (Fsp3) is 0.478. The van der Waals surface area contributed by atoms with Crippen molar-refractivity contribution < 1.29 is 31.9 Å². The summed E-state index contributed by atoms with van der Waals surface area (Å²) in [6.45, 7) is 22.8. The van der Waals surface area contributed by atoms with Crippen molar-refractivity contribution in [3.63, 3.8) is 0 Å². The highest BCUT2D eigenvalue weighted by atomic mass is 32.1. The monoisotopic (exact) mass is 872 g/mol. The molecule has 1 aliphatic heterocycles. The number of aryl methyl sites for hydroxylation is 2. The van der Waals surface area contributed by atoms with Gasteiger partial charge in [0.15, 0.2) is 8.32 Å². The van der Waals surface area contributed by atoms with Gasteiger partial charge in [0.25, 0.3) is 0 Å². The number of fused-ring (bicyclic) bond motifs is 3. The molecule has 5 heterocycles. The van der Waals surface area contributed by atoms with Gasteiger partial charge in [0, 0.05) is 53.7 Å². The maximum absolute atomic E-state index is 16.7. The summed E-state index contributed by atoms with van der Waals surface area (Å²) in [5.74, 6) is -1.45. The Morgan fingerprint density at radius 2 is 1.67 bits per heavy atom. The van der Waals surface area contributed by atoms with Crippen molar-refractivity contribution in [2.75, 3.05) is 13.2 Å². The third-order valence-corrected chi connectivity index (χ3v) is 18.2. The Balaban J connectivity index is 1.27. The van der Waals surface area contributed by atoms with Crippen molar-refractivity contribution in [1.29, 1.82) is 0 Å². The van der Waals surface area contributed by atoms with E-state index in [2.05, 4.69) is 33.9 Å². The molecule has 324 valence electrons. The molecule has 6 aromatic rings. The molecule has 61 heavy (non-hydrogen) atoms. The van der Waals surface area contributed by atoms with Gasteiger partial charge < -0.3 is 18.5 Å². The van der Waals surface area contributed by atoms with Crippen LogP contribution in [0.5, 0.6) is 5.75 Å². The lowest BCUT2D eigenvalue weighted by Gasteiger charge is -2.44. The van der Waals surface area contributed by atoms with E-state index in [0.717, 1.165) is 53.2 Å². The molecule has 1 fully saturated rings. The number of nitrogens with zero attached hydrogens (tertiary/aromatic N) is 6. The molecular formula is C46H55F3N6O4SSi. The number of carbonyl (C=O) groups excluding carboxylic acids is 1. The predicted molar refractivity (Wildman–Crippen MR) is 237 cm³/mol. The van der Waals surface area contributed by atoms with E-state index >= 15 is 13.2 Å². The van der Waals surface area contributed by atoms with E-state index in [1.165, 1.54) is 5.38 Å². The SMILES string of the molecule is Cc1nc2cc(-c3nc(-c4cc5n(n4)[C@@H](C)CN(C(=O)OC(C)(C)C)[C@@H]5C)c(-c4c(F)cc(F)cc4OCC4CC(O[Si](C)(C)C(C)(C)C)C4)c4c(F)csc34)ccc2n1C.